The van der Waals surface area contributed by atoms with Crippen LogP contribution in [0, 0.1) is 0 Å². The van der Waals surface area contributed by atoms with Crippen LogP contribution >= 0.6 is 11.3 Å². The summed E-state index contributed by atoms with van der Waals surface area (Å²) in [6.45, 7) is 3.83. The normalized spacial score (nSPS) is 10.3. The highest BCUT2D eigenvalue weighted by Gasteiger charge is 2.11. The van der Waals surface area contributed by atoms with Crippen molar-refractivity contribution in [1.29, 1.82) is 0 Å². The molecule has 4 N–H and O–H groups in total. The first-order valence-corrected chi connectivity index (χ1v) is 9.54. The highest BCUT2D eigenvalue weighted by Crippen LogP contribution is 2.15. The molecule has 7 nitrogen and oxygen atoms in total. The average molecular weight is 375 g/mol. The molecule has 0 saturated heterocycles. The van der Waals surface area contributed by atoms with Gasteiger partial charge >= 0.3 is 0 Å². The van der Waals surface area contributed by atoms with Crippen LogP contribution in [0.3, 0.4) is 0 Å². The van der Waals surface area contributed by atoms with Crippen molar-refractivity contribution in [2.75, 3.05) is 18.4 Å². The molecule has 1 heterocycles. The second kappa shape index (κ2) is 11.2. The Balaban J connectivity index is 1.65. The fourth-order valence-electron chi connectivity index (χ4n) is 2.11. The molecule has 2 amide bonds. The van der Waals surface area contributed by atoms with Gasteiger partial charge in [-0.05, 0) is 25.0 Å². The van der Waals surface area contributed by atoms with E-state index >= 15 is 0 Å². The topological polar surface area (TPSA) is 95.1 Å². The van der Waals surface area contributed by atoms with Gasteiger partial charge < -0.3 is 10.6 Å². The molecular formula is C18H25N5O2S. The minimum atomic E-state index is -0.203. The molecule has 140 valence electrons. The number of amides is 2. The van der Waals surface area contributed by atoms with Crippen molar-refractivity contribution in [3.63, 3.8) is 0 Å². The lowest BCUT2D eigenvalue weighted by Crippen LogP contribution is -2.38. The van der Waals surface area contributed by atoms with Gasteiger partial charge in [-0.25, -0.2) is 10.4 Å². The summed E-state index contributed by atoms with van der Waals surface area (Å²) in [5, 5.41) is 6.52. The number of hydrogen-bond acceptors (Lipinski definition) is 6. The summed E-state index contributed by atoms with van der Waals surface area (Å²) in [4.78, 5) is 28.8. The minimum absolute atomic E-state index is 0.0729. The summed E-state index contributed by atoms with van der Waals surface area (Å²) in [5.74, 6) is -0.276. The third-order valence-corrected chi connectivity index (χ3v) is 4.45. The van der Waals surface area contributed by atoms with Crippen molar-refractivity contribution in [3.05, 3.63) is 46.4 Å². The van der Waals surface area contributed by atoms with Crippen LogP contribution in [-0.4, -0.2) is 29.9 Å². The lowest BCUT2D eigenvalue weighted by molar-refractivity contribution is -0.122. The number of rotatable bonds is 11. The molecule has 1 aromatic heterocycles. The van der Waals surface area contributed by atoms with E-state index in [0.717, 1.165) is 23.5 Å². The number of thiazole rings is 1. The van der Waals surface area contributed by atoms with Gasteiger partial charge in [-0.2, -0.15) is 0 Å². The van der Waals surface area contributed by atoms with E-state index in [2.05, 4.69) is 26.5 Å². The maximum Gasteiger partial charge on any atom is 0.280 e. The molecule has 0 aliphatic heterocycles. The summed E-state index contributed by atoms with van der Waals surface area (Å²) in [7, 11) is 0. The Kier molecular flexibility index (Phi) is 8.57. The maximum absolute atomic E-state index is 12.1. The van der Waals surface area contributed by atoms with Gasteiger partial charge in [-0.3, -0.25) is 15.0 Å². The van der Waals surface area contributed by atoms with Gasteiger partial charge in [0, 0.05) is 36.3 Å². The van der Waals surface area contributed by atoms with Crippen LogP contribution in [-0.2, 0) is 11.3 Å². The van der Waals surface area contributed by atoms with Crippen LogP contribution in [0.4, 0.5) is 5.69 Å². The number of hydrogen-bond donors (Lipinski definition) is 4. The maximum atomic E-state index is 12.1. The predicted octanol–water partition coefficient (Wildman–Crippen LogP) is 2.30. The van der Waals surface area contributed by atoms with Crippen molar-refractivity contribution < 1.29 is 9.59 Å². The Labute approximate surface area is 157 Å². The van der Waals surface area contributed by atoms with Crippen molar-refractivity contribution in [3.8, 4) is 0 Å². The Bertz CT molecular complexity index is 690. The quantitative estimate of drug-likeness (QED) is 0.357. The molecule has 2 rings (SSSR count). The number of hydrazine groups is 1. The largest absolute Gasteiger partial charge is 0.380 e. The number of nitrogens with zero attached hydrogens (tertiary/aromatic N) is 1. The SMILES string of the molecule is CCCNNC(=O)CCCNC(=O)c1ncc(CNc2ccccc2)s1. The van der Waals surface area contributed by atoms with Crippen molar-refractivity contribution in [2.45, 2.75) is 32.7 Å². The Morgan fingerprint density at radius 3 is 2.73 bits per heavy atom. The monoisotopic (exact) mass is 375 g/mol. The highest BCUT2D eigenvalue weighted by atomic mass is 32.1. The molecule has 26 heavy (non-hydrogen) atoms. The van der Waals surface area contributed by atoms with Crippen LogP contribution in [0.25, 0.3) is 0 Å². The fraction of sp³-hybridized carbons (Fsp3) is 0.389. The zero-order valence-electron chi connectivity index (χ0n) is 14.9. The second-order valence-corrected chi connectivity index (χ2v) is 6.80. The van der Waals surface area contributed by atoms with Crippen molar-refractivity contribution >= 4 is 28.8 Å². The molecule has 0 aliphatic rings. The van der Waals surface area contributed by atoms with Crippen LogP contribution in [0.1, 0.15) is 40.9 Å². The van der Waals surface area contributed by atoms with E-state index in [0.29, 0.717) is 30.9 Å². The number of carbonyl (C=O) groups is 2. The Hall–Kier alpha value is -2.45. The van der Waals surface area contributed by atoms with Gasteiger partial charge in [0.15, 0.2) is 5.01 Å². The number of aromatic nitrogens is 1. The molecule has 8 heteroatoms. The van der Waals surface area contributed by atoms with Crippen molar-refractivity contribution in [1.82, 2.24) is 21.2 Å². The Morgan fingerprint density at radius 2 is 1.96 bits per heavy atom. The van der Waals surface area contributed by atoms with E-state index in [4.69, 9.17) is 0 Å². The average Bonchev–Trinajstić information content (AvgIpc) is 3.14. The smallest absolute Gasteiger partial charge is 0.280 e. The van der Waals surface area contributed by atoms with Crippen LogP contribution in [0.15, 0.2) is 36.5 Å². The number of carbonyl (C=O) groups excluding carboxylic acids is 2. The summed E-state index contributed by atoms with van der Waals surface area (Å²) in [5.41, 5.74) is 6.48. The van der Waals surface area contributed by atoms with Gasteiger partial charge in [-0.15, -0.1) is 11.3 Å². The van der Waals surface area contributed by atoms with E-state index in [1.807, 2.05) is 37.3 Å². The second-order valence-electron chi connectivity index (χ2n) is 5.69. The Morgan fingerprint density at radius 1 is 1.15 bits per heavy atom. The van der Waals surface area contributed by atoms with E-state index < -0.39 is 0 Å². The van der Waals surface area contributed by atoms with Gasteiger partial charge in [0.2, 0.25) is 5.91 Å². The van der Waals surface area contributed by atoms with Gasteiger partial charge in [0.1, 0.15) is 0 Å². The van der Waals surface area contributed by atoms with Gasteiger partial charge in [-0.1, -0.05) is 25.1 Å². The van der Waals surface area contributed by atoms with Crippen LogP contribution in [0.2, 0.25) is 0 Å². The molecule has 0 spiro atoms. The van der Waals surface area contributed by atoms with E-state index in [-0.39, 0.29) is 11.8 Å². The summed E-state index contributed by atoms with van der Waals surface area (Å²) >= 11 is 1.36. The van der Waals surface area contributed by atoms with E-state index in [1.165, 1.54) is 11.3 Å². The molecule has 0 bridgehead atoms. The first-order valence-electron chi connectivity index (χ1n) is 8.72. The van der Waals surface area contributed by atoms with Crippen molar-refractivity contribution in [2.24, 2.45) is 0 Å². The molecule has 0 fully saturated rings. The summed E-state index contributed by atoms with van der Waals surface area (Å²) in [6, 6.07) is 9.87. The summed E-state index contributed by atoms with van der Waals surface area (Å²) in [6.07, 6.45) is 3.61. The molecule has 1 aromatic carbocycles. The lowest BCUT2D eigenvalue weighted by Gasteiger charge is -2.06. The zero-order chi connectivity index (χ0) is 18.6. The zero-order valence-corrected chi connectivity index (χ0v) is 15.7. The number of para-hydroxylation sites is 1. The third-order valence-electron chi connectivity index (χ3n) is 3.46. The highest BCUT2D eigenvalue weighted by molar-refractivity contribution is 7.13. The fourth-order valence-corrected chi connectivity index (χ4v) is 2.88. The summed E-state index contributed by atoms with van der Waals surface area (Å²) < 4.78 is 0. The minimum Gasteiger partial charge on any atom is -0.380 e. The molecule has 0 unspecified atom stereocenters. The molecule has 0 saturated carbocycles. The number of nitrogens with one attached hydrogen (secondary N) is 4. The standard InChI is InChI=1S/C18H25N5O2S/c1-2-10-22-23-16(24)9-6-11-19-17(25)18-21-13-15(26-18)12-20-14-7-4-3-5-8-14/h3-5,7-8,13,20,22H,2,6,9-12H2,1H3,(H,19,25)(H,23,24). The first kappa shape index (κ1) is 19.9. The van der Waals surface area contributed by atoms with Gasteiger partial charge in [0.25, 0.3) is 5.91 Å². The van der Waals surface area contributed by atoms with E-state index in [1.54, 1.807) is 6.20 Å². The van der Waals surface area contributed by atoms with Gasteiger partial charge in [0.05, 0.1) is 6.54 Å². The molecule has 0 radical (unpaired) electrons. The number of benzene rings is 1. The third kappa shape index (κ3) is 7.20. The molecule has 0 aliphatic carbocycles. The van der Waals surface area contributed by atoms with Crippen LogP contribution in [0.5, 0.6) is 0 Å². The molecular weight excluding hydrogens is 350 g/mol. The predicted molar refractivity (Wildman–Crippen MR) is 104 cm³/mol. The first-order chi connectivity index (χ1) is 12.7. The number of anilines is 1. The molecule has 2 aromatic rings. The molecule has 0 atom stereocenters. The van der Waals surface area contributed by atoms with E-state index in [9.17, 15) is 9.59 Å². The van der Waals surface area contributed by atoms with Crippen LogP contribution < -0.4 is 21.5 Å². The lowest BCUT2D eigenvalue weighted by atomic mass is 10.3.